The lowest BCUT2D eigenvalue weighted by Gasteiger charge is -2.05. The van der Waals surface area contributed by atoms with Crippen LogP contribution in [0.3, 0.4) is 0 Å². The van der Waals surface area contributed by atoms with Gasteiger partial charge in [-0.25, -0.2) is 9.37 Å². The van der Waals surface area contributed by atoms with Gasteiger partial charge in [-0.3, -0.25) is 4.79 Å². The normalized spacial score (nSPS) is 10.7. The van der Waals surface area contributed by atoms with Gasteiger partial charge in [0.25, 0.3) is 0 Å². The summed E-state index contributed by atoms with van der Waals surface area (Å²) in [6.07, 6.45) is 0. The highest BCUT2D eigenvalue weighted by atomic mass is 32.2. The zero-order valence-electron chi connectivity index (χ0n) is 17.3. The molecule has 0 spiro atoms. The maximum atomic E-state index is 13.2. The van der Waals surface area contributed by atoms with Gasteiger partial charge in [-0.1, -0.05) is 30.0 Å². The summed E-state index contributed by atoms with van der Waals surface area (Å²) >= 11 is 2.79. The second-order valence-corrected chi connectivity index (χ2v) is 8.73. The third-order valence-corrected chi connectivity index (χ3v) is 6.60. The predicted molar refractivity (Wildman–Crippen MR) is 126 cm³/mol. The van der Waals surface area contributed by atoms with E-state index < -0.39 is 5.82 Å². The van der Waals surface area contributed by atoms with Gasteiger partial charge in [0.2, 0.25) is 5.91 Å². The quantitative estimate of drug-likeness (QED) is 0.365. The summed E-state index contributed by atoms with van der Waals surface area (Å²) in [6, 6.07) is 17.2. The summed E-state index contributed by atoms with van der Waals surface area (Å²) in [5, 5.41) is 12.7. The van der Waals surface area contributed by atoms with Crippen LogP contribution in [0, 0.1) is 12.7 Å². The molecule has 162 valence electrons. The van der Waals surface area contributed by atoms with Gasteiger partial charge in [-0.15, -0.1) is 21.5 Å². The van der Waals surface area contributed by atoms with Gasteiger partial charge >= 0.3 is 0 Å². The number of thiazole rings is 1. The first-order valence-electron chi connectivity index (χ1n) is 9.66. The SMILES string of the molecule is COc1ccccc1-c1nc(C)c(-c2ccc(SCC(=O)Nc3cccc(F)c3)nn2)s1. The first-order valence-corrected chi connectivity index (χ1v) is 11.5. The Kier molecular flexibility index (Phi) is 6.77. The predicted octanol–water partition coefficient (Wildman–Crippen LogP) is 5.45. The fourth-order valence-electron chi connectivity index (χ4n) is 2.99. The number of aromatic nitrogens is 3. The lowest BCUT2D eigenvalue weighted by molar-refractivity contribution is -0.113. The Bertz CT molecular complexity index is 1240. The van der Waals surface area contributed by atoms with Gasteiger partial charge in [0.15, 0.2) is 0 Å². The van der Waals surface area contributed by atoms with E-state index in [2.05, 4.69) is 20.5 Å². The Morgan fingerprint density at radius 2 is 1.97 bits per heavy atom. The average Bonchev–Trinajstić information content (AvgIpc) is 3.19. The van der Waals surface area contributed by atoms with Crippen molar-refractivity contribution < 1.29 is 13.9 Å². The smallest absolute Gasteiger partial charge is 0.234 e. The number of ether oxygens (including phenoxy) is 1. The molecule has 0 aliphatic carbocycles. The Morgan fingerprint density at radius 1 is 1.12 bits per heavy atom. The molecule has 4 aromatic rings. The van der Waals surface area contributed by atoms with Gasteiger partial charge in [0.1, 0.15) is 27.3 Å². The molecule has 0 aliphatic heterocycles. The number of nitrogens with zero attached hydrogens (tertiary/aromatic N) is 3. The number of para-hydroxylation sites is 1. The molecule has 0 saturated heterocycles. The molecule has 2 aromatic heterocycles. The maximum absolute atomic E-state index is 13.2. The van der Waals surface area contributed by atoms with Crippen molar-refractivity contribution in [1.82, 2.24) is 15.2 Å². The van der Waals surface area contributed by atoms with Crippen LogP contribution in [0.25, 0.3) is 21.1 Å². The van der Waals surface area contributed by atoms with E-state index >= 15 is 0 Å². The highest BCUT2D eigenvalue weighted by Gasteiger charge is 2.16. The zero-order chi connectivity index (χ0) is 22.5. The van der Waals surface area contributed by atoms with Crippen LogP contribution < -0.4 is 10.1 Å². The number of thioether (sulfide) groups is 1. The Labute approximate surface area is 192 Å². The van der Waals surface area contributed by atoms with Crippen LogP contribution in [0.1, 0.15) is 5.69 Å². The van der Waals surface area contributed by atoms with E-state index in [1.807, 2.05) is 43.3 Å². The van der Waals surface area contributed by atoms with Crippen LogP contribution in [-0.4, -0.2) is 34.0 Å². The molecule has 0 fully saturated rings. The van der Waals surface area contributed by atoms with Gasteiger partial charge in [-0.05, 0) is 49.4 Å². The number of hydrogen-bond donors (Lipinski definition) is 1. The average molecular weight is 467 g/mol. The van der Waals surface area contributed by atoms with Gasteiger partial charge < -0.3 is 10.1 Å². The molecule has 6 nitrogen and oxygen atoms in total. The Hall–Kier alpha value is -3.30. The first-order chi connectivity index (χ1) is 15.5. The number of carbonyl (C=O) groups excluding carboxylic acids is 1. The summed E-state index contributed by atoms with van der Waals surface area (Å²) in [5.41, 5.74) is 2.93. The number of methoxy groups -OCH3 is 1. The van der Waals surface area contributed by atoms with Crippen molar-refractivity contribution in [2.24, 2.45) is 0 Å². The van der Waals surface area contributed by atoms with E-state index in [0.717, 1.165) is 32.6 Å². The van der Waals surface area contributed by atoms with E-state index in [1.165, 1.54) is 35.2 Å². The number of halogens is 1. The Morgan fingerprint density at radius 3 is 2.72 bits per heavy atom. The lowest BCUT2D eigenvalue weighted by Crippen LogP contribution is -2.14. The molecule has 1 N–H and O–H groups in total. The second kappa shape index (κ2) is 9.88. The summed E-state index contributed by atoms with van der Waals surface area (Å²) in [6.45, 7) is 1.94. The molecule has 0 bridgehead atoms. The van der Waals surface area contributed by atoms with E-state index in [-0.39, 0.29) is 11.7 Å². The molecular formula is C23H19FN4O2S2. The van der Waals surface area contributed by atoms with E-state index in [4.69, 9.17) is 4.74 Å². The molecule has 32 heavy (non-hydrogen) atoms. The molecule has 0 atom stereocenters. The first kappa shape index (κ1) is 21.9. The fraction of sp³-hybridized carbons (Fsp3) is 0.130. The van der Waals surface area contributed by atoms with Crippen LogP contribution in [0.15, 0.2) is 65.7 Å². The number of carbonyl (C=O) groups is 1. The minimum atomic E-state index is -0.399. The molecule has 2 heterocycles. The molecule has 0 unspecified atom stereocenters. The molecule has 4 rings (SSSR count). The van der Waals surface area contributed by atoms with Crippen molar-refractivity contribution >= 4 is 34.7 Å². The number of amides is 1. The number of aryl methyl sites for hydroxylation is 1. The van der Waals surface area contributed by atoms with Crippen molar-refractivity contribution in [2.75, 3.05) is 18.2 Å². The monoisotopic (exact) mass is 466 g/mol. The minimum Gasteiger partial charge on any atom is -0.496 e. The van der Waals surface area contributed by atoms with E-state index in [1.54, 1.807) is 19.2 Å². The zero-order valence-corrected chi connectivity index (χ0v) is 19.0. The van der Waals surface area contributed by atoms with Crippen LogP contribution in [0.2, 0.25) is 0 Å². The highest BCUT2D eigenvalue weighted by Crippen LogP contribution is 2.38. The molecule has 9 heteroatoms. The summed E-state index contributed by atoms with van der Waals surface area (Å²) in [5.74, 6) is 0.264. The van der Waals surface area contributed by atoms with Gasteiger partial charge in [-0.2, -0.15) is 0 Å². The van der Waals surface area contributed by atoms with Crippen LogP contribution >= 0.6 is 23.1 Å². The number of anilines is 1. The van der Waals surface area contributed by atoms with Crippen molar-refractivity contribution in [2.45, 2.75) is 11.9 Å². The topological polar surface area (TPSA) is 77.0 Å². The van der Waals surface area contributed by atoms with Crippen LogP contribution in [0.4, 0.5) is 10.1 Å². The van der Waals surface area contributed by atoms with E-state index in [9.17, 15) is 9.18 Å². The van der Waals surface area contributed by atoms with Crippen molar-refractivity contribution in [3.8, 4) is 26.9 Å². The molecular weight excluding hydrogens is 447 g/mol. The number of nitrogens with one attached hydrogen (secondary N) is 1. The molecule has 0 saturated carbocycles. The van der Waals surface area contributed by atoms with E-state index in [0.29, 0.717) is 10.7 Å². The van der Waals surface area contributed by atoms with Gasteiger partial charge in [0.05, 0.1) is 29.0 Å². The number of benzene rings is 2. The third-order valence-electron chi connectivity index (χ3n) is 4.47. The minimum absolute atomic E-state index is 0.141. The Balaban J connectivity index is 1.43. The molecule has 0 aliphatic rings. The van der Waals surface area contributed by atoms with Crippen molar-refractivity contribution in [3.63, 3.8) is 0 Å². The van der Waals surface area contributed by atoms with Crippen LogP contribution in [0.5, 0.6) is 5.75 Å². The van der Waals surface area contributed by atoms with Crippen molar-refractivity contribution in [1.29, 1.82) is 0 Å². The summed E-state index contributed by atoms with van der Waals surface area (Å²) in [7, 11) is 1.64. The second-order valence-electron chi connectivity index (χ2n) is 6.74. The molecule has 1 amide bonds. The largest absolute Gasteiger partial charge is 0.496 e. The maximum Gasteiger partial charge on any atom is 0.234 e. The van der Waals surface area contributed by atoms with Crippen LogP contribution in [-0.2, 0) is 4.79 Å². The van der Waals surface area contributed by atoms with Gasteiger partial charge in [0, 0.05) is 5.69 Å². The third kappa shape index (κ3) is 5.12. The molecule has 0 radical (unpaired) electrons. The lowest BCUT2D eigenvalue weighted by atomic mass is 10.2. The molecule has 2 aromatic carbocycles. The summed E-state index contributed by atoms with van der Waals surface area (Å²) < 4.78 is 18.7. The highest BCUT2D eigenvalue weighted by molar-refractivity contribution is 7.99. The standard InChI is InChI=1S/C23H19FN4O2S2/c1-14-22(32-23(25-14)17-8-3-4-9-19(17)30-2)18-10-11-21(28-27-18)31-13-20(29)26-16-7-5-6-15(24)12-16/h3-12H,13H2,1-2H3,(H,26,29). The summed E-state index contributed by atoms with van der Waals surface area (Å²) in [4.78, 5) is 17.7. The number of hydrogen-bond acceptors (Lipinski definition) is 7. The number of rotatable bonds is 7. The fourth-order valence-corrected chi connectivity index (χ4v) is 4.67. The van der Waals surface area contributed by atoms with Crippen molar-refractivity contribution in [3.05, 3.63) is 72.2 Å².